The first-order valence-corrected chi connectivity index (χ1v) is 10.00. The highest BCUT2D eigenvalue weighted by molar-refractivity contribution is 7.11. The molecular weight excluding hydrogens is 366 g/mol. The molecule has 2 aliphatic rings. The van der Waals surface area contributed by atoms with Crippen LogP contribution < -0.4 is 5.32 Å². The number of nitro benzene ring substituents is 1. The van der Waals surface area contributed by atoms with Gasteiger partial charge in [0.05, 0.1) is 11.5 Å². The van der Waals surface area contributed by atoms with Crippen molar-refractivity contribution in [3.8, 4) is 0 Å². The van der Waals surface area contributed by atoms with Crippen molar-refractivity contribution in [2.45, 2.75) is 37.5 Å². The fourth-order valence-corrected chi connectivity index (χ4v) is 4.50. The smallest absolute Gasteiger partial charge is 0.269 e. The fraction of sp³-hybridized carbons (Fsp3) is 0.500. The molecule has 1 aliphatic heterocycles. The number of hydrogen-bond donors (Lipinski definition) is 1. The Bertz CT molecular complexity index is 826. The number of carbonyl (C=O) groups is 1. The number of likely N-dealkylation sites (tertiary alicyclic amines) is 1. The minimum Gasteiger partial charge on any atom is -0.325 e. The van der Waals surface area contributed by atoms with Gasteiger partial charge in [-0.3, -0.25) is 19.8 Å². The molecule has 0 bridgehead atoms. The van der Waals surface area contributed by atoms with Crippen LogP contribution in [0.1, 0.15) is 47.5 Å². The third kappa shape index (κ3) is 4.48. The highest BCUT2D eigenvalue weighted by Gasteiger charge is 2.30. The number of rotatable bonds is 6. The van der Waals surface area contributed by atoms with E-state index in [9.17, 15) is 14.9 Å². The van der Waals surface area contributed by atoms with E-state index in [4.69, 9.17) is 0 Å². The zero-order valence-corrected chi connectivity index (χ0v) is 15.7. The van der Waals surface area contributed by atoms with Gasteiger partial charge in [-0.15, -0.1) is 21.5 Å². The molecule has 1 aliphatic carbocycles. The second kappa shape index (κ2) is 7.69. The largest absolute Gasteiger partial charge is 0.325 e. The van der Waals surface area contributed by atoms with Crippen molar-refractivity contribution >= 4 is 28.6 Å². The van der Waals surface area contributed by atoms with Crippen LogP contribution in [0, 0.1) is 10.1 Å². The van der Waals surface area contributed by atoms with E-state index in [0.29, 0.717) is 24.1 Å². The average Bonchev–Trinajstić information content (AvgIpc) is 3.40. The van der Waals surface area contributed by atoms with Gasteiger partial charge >= 0.3 is 0 Å². The van der Waals surface area contributed by atoms with Crippen LogP contribution in [0.15, 0.2) is 24.3 Å². The fourth-order valence-electron chi connectivity index (χ4n) is 3.31. The first-order valence-electron chi connectivity index (χ1n) is 9.18. The summed E-state index contributed by atoms with van der Waals surface area (Å²) in [5.74, 6) is 0.998. The van der Waals surface area contributed by atoms with Crippen molar-refractivity contribution in [3.05, 3.63) is 44.4 Å². The number of nitro groups is 1. The van der Waals surface area contributed by atoms with Gasteiger partial charge in [0.25, 0.3) is 5.69 Å². The number of benzene rings is 1. The number of hydrogen-bond acceptors (Lipinski definition) is 7. The molecule has 1 amide bonds. The summed E-state index contributed by atoms with van der Waals surface area (Å²) in [4.78, 5) is 24.6. The maximum Gasteiger partial charge on any atom is 0.269 e. The molecule has 4 rings (SSSR count). The summed E-state index contributed by atoms with van der Waals surface area (Å²) in [7, 11) is 0. The Labute approximate surface area is 160 Å². The lowest BCUT2D eigenvalue weighted by atomic mass is 9.98. The van der Waals surface area contributed by atoms with E-state index in [1.807, 2.05) is 0 Å². The summed E-state index contributed by atoms with van der Waals surface area (Å²) in [6.45, 7) is 2.04. The summed E-state index contributed by atoms with van der Waals surface area (Å²) < 4.78 is 0. The lowest BCUT2D eigenvalue weighted by molar-refractivity contribution is -0.384. The van der Waals surface area contributed by atoms with E-state index in [1.165, 1.54) is 30.0 Å². The topological polar surface area (TPSA) is 101 Å². The van der Waals surface area contributed by atoms with Gasteiger partial charge in [-0.2, -0.15) is 0 Å². The van der Waals surface area contributed by atoms with Gasteiger partial charge in [0.15, 0.2) is 0 Å². The van der Waals surface area contributed by atoms with Crippen LogP contribution in [0.5, 0.6) is 0 Å². The van der Waals surface area contributed by atoms with Crippen molar-refractivity contribution in [2.24, 2.45) is 0 Å². The molecule has 0 radical (unpaired) electrons. The van der Waals surface area contributed by atoms with E-state index in [0.717, 1.165) is 30.9 Å². The molecule has 0 atom stereocenters. The van der Waals surface area contributed by atoms with Gasteiger partial charge in [-0.25, -0.2) is 0 Å². The Morgan fingerprint density at radius 2 is 1.70 bits per heavy atom. The number of nitrogens with zero attached hydrogens (tertiary/aromatic N) is 4. The maximum atomic E-state index is 12.2. The molecule has 1 aromatic carbocycles. The number of amides is 1. The number of aromatic nitrogens is 2. The minimum atomic E-state index is -0.457. The summed E-state index contributed by atoms with van der Waals surface area (Å²) in [6.07, 6.45) is 4.47. The van der Waals surface area contributed by atoms with Gasteiger partial charge in [0, 0.05) is 29.7 Å². The molecule has 9 heteroatoms. The van der Waals surface area contributed by atoms with E-state index < -0.39 is 4.92 Å². The molecule has 2 aromatic rings. The number of nitrogens with one attached hydrogen (secondary N) is 1. The Morgan fingerprint density at radius 1 is 1.11 bits per heavy atom. The number of anilines is 1. The summed E-state index contributed by atoms with van der Waals surface area (Å²) in [5.41, 5.74) is 0.582. The molecule has 27 heavy (non-hydrogen) atoms. The van der Waals surface area contributed by atoms with Gasteiger partial charge in [0.1, 0.15) is 10.0 Å². The molecule has 0 unspecified atom stereocenters. The monoisotopic (exact) mass is 387 g/mol. The zero-order chi connectivity index (χ0) is 18.8. The van der Waals surface area contributed by atoms with Crippen molar-refractivity contribution in [3.63, 3.8) is 0 Å². The van der Waals surface area contributed by atoms with Crippen LogP contribution in [0.25, 0.3) is 0 Å². The SMILES string of the molecule is O=C(CN1CCC(c2nnc(C3CC3)s2)CC1)Nc1ccc([N+](=O)[O-])cc1. The molecule has 1 aromatic heterocycles. The van der Waals surface area contributed by atoms with E-state index >= 15 is 0 Å². The van der Waals surface area contributed by atoms with Crippen LogP contribution >= 0.6 is 11.3 Å². The Kier molecular flexibility index (Phi) is 5.13. The average molecular weight is 387 g/mol. The van der Waals surface area contributed by atoms with Crippen LogP contribution in [-0.4, -0.2) is 45.6 Å². The number of carbonyl (C=O) groups excluding carboxylic acids is 1. The van der Waals surface area contributed by atoms with Crippen molar-refractivity contribution < 1.29 is 9.72 Å². The van der Waals surface area contributed by atoms with Crippen LogP contribution in [0.2, 0.25) is 0 Å². The summed E-state index contributed by atoms with van der Waals surface area (Å²) in [5, 5.41) is 24.5. The minimum absolute atomic E-state index is 0.0107. The Morgan fingerprint density at radius 3 is 2.26 bits per heavy atom. The van der Waals surface area contributed by atoms with Crippen molar-refractivity contribution in [2.75, 3.05) is 25.0 Å². The molecule has 2 fully saturated rings. The zero-order valence-electron chi connectivity index (χ0n) is 14.8. The molecule has 142 valence electrons. The maximum absolute atomic E-state index is 12.2. The second-order valence-corrected chi connectivity index (χ2v) is 8.20. The standard InChI is InChI=1S/C18H21N5O3S/c24-16(19-14-3-5-15(6-4-14)23(25)26)11-22-9-7-13(8-10-22)18-21-20-17(27-18)12-1-2-12/h3-6,12-13H,1-2,7-11H2,(H,19,24). The highest BCUT2D eigenvalue weighted by Crippen LogP contribution is 2.43. The second-order valence-electron chi connectivity index (χ2n) is 7.16. The highest BCUT2D eigenvalue weighted by atomic mass is 32.1. The lowest BCUT2D eigenvalue weighted by Gasteiger charge is -2.30. The molecule has 2 heterocycles. The molecule has 8 nitrogen and oxygen atoms in total. The quantitative estimate of drug-likeness (QED) is 0.603. The van der Waals surface area contributed by atoms with Crippen molar-refractivity contribution in [1.82, 2.24) is 15.1 Å². The molecule has 1 N–H and O–H groups in total. The third-order valence-electron chi connectivity index (χ3n) is 5.05. The van der Waals surface area contributed by atoms with Gasteiger partial charge in [-0.1, -0.05) is 0 Å². The first-order chi connectivity index (χ1) is 13.1. The lowest BCUT2D eigenvalue weighted by Crippen LogP contribution is -2.38. The van der Waals surface area contributed by atoms with Crippen molar-refractivity contribution in [1.29, 1.82) is 0 Å². The van der Waals surface area contributed by atoms with Gasteiger partial charge < -0.3 is 5.32 Å². The van der Waals surface area contributed by atoms with Crippen LogP contribution in [0.4, 0.5) is 11.4 Å². The molecule has 1 saturated carbocycles. The normalized spacial score (nSPS) is 18.4. The van der Waals surface area contributed by atoms with Crippen LogP contribution in [0.3, 0.4) is 0 Å². The Hall–Kier alpha value is -2.39. The molecule has 1 saturated heterocycles. The number of non-ortho nitro benzene ring substituents is 1. The van der Waals surface area contributed by atoms with E-state index in [1.54, 1.807) is 23.5 Å². The summed E-state index contributed by atoms with van der Waals surface area (Å²) in [6, 6.07) is 5.88. The first kappa shape index (κ1) is 18.0. The van der Waals surface area contributed by atoms with Crippen LogP contribution in [-0.2, 0) is 4.79 Å². The predicted octanol–water partition coefficient (Wildman–Crippen LogP) is 3.14. The third-order valence-corrected chi connectivity index (χ3v) is 6.30. The predicted molar refractivity (Wildman–Crippen MR) is 102 cm³/mol. The molecule has 0 spiro atoms. The Balaban J connectivity index is 1.24. The molecular formula is C18H21N5O3S. The summed E-state index contributed by atoms with van der Waals surface area (Å²) >= 11 is 1.76. The van der Waals surface area contributed by atoms with E-state index in [-0.39, 0.29) is 11.6 Å². The number of piperidine rings is 1. The van der Waals surface area contributed by atoms with Gasteiger partial charge in [-0.05, 0) is 50.9 Å². The van der Waals surface area contributed by atoms with E-state index in [2.05, 4.69) is 20.4 Å². The van der Waals surface area contributed by atoms with Gasteiger partial charge in [0.2, 0.25) is 5.91 Å².